The van der Waals surface area contributed by atoms with Gasteiger partial charge in [0.05, 0.1) is 14.6 Å². The minimum absolute atomic E-state index is 0.0215. The van der Waals surface area contributed by atoms with Gasteiger partial charge in [0.2, 0.25) is 0 Å². The lowest BCUT2D eigenvalue weighted by molar-refractivity contribution is -0.169. The first-order valence-electron chi connectivity index (χ1n) is 4.97. The zero-order valence-corrected chi connectivity index (χ0v) is 10.5. The van der Waals surface area contributed by atoms with Gasteiger partial charge in [-0.3, -0.25) is 9.78 Å². The Morgan fingerprint density at radius 1 is 1.44 bits per heavy atom. The molecule has 1 aromatic rings. The number of pyridine rings is 1. The molecule has 0 fully saturated rings. The van der Waals surface area contributed by atoms with E-state index in [1.54, 1.807) is 6.92 Å². The zero-order chi connectivity index (χ0) is 14.0. The fourth-order valence-electron chi connectivity index (χ4n) is 1.11. The number of hydrogen-bond donors (Lipinski definition) is 0. The molecule has 0 aliphatic carbocycles. The molecule has 1 aromatic heterocycles. The Balaban J connectivity index is 3.30. The van der Waals surface area contributed by atoms with Crippen LogP contribution >= 0.6 is 0 Å². The number of halogens is 3. The van der Waals surface area contributed by atoms with Crippen LogP contribution in [0.2, 0.25) is 0 Å². The van der Waals surface area contributed by atoms with Gasteiger partial charge in [-0.15, -0.1) is 4.36 Å². The Kier molecular flexibility index (Phi) is 4.10. The Morgan fingerprint density at radius 3 is 2.44 bits per heavy atom. The van der Waals surface area contributed by atoms with Gasteiger partial charge in [-0.1, -0.05) is 6.92 Å². The van der Waals surface area contributed by atoms with E-state index in [4.69, 9.17) is 0 Å². The minimum atomic E-state index is -5.12. The van der Waals surface area contributed by atoms with Crippen molar-refractivity contribution in [3.8, 4) is 0 Å². The number of carbonyl (C=O) groups excluding carboxylic acids is 1. The summed E-state index contributed by atoms with van der Waals surface area (Å²) in [5, 5.41) is 0. The van der Waals surface area contributed by atoms with E-state index in [-0.39, 0.29) is 10.6 Å². The van der Waals surface area contributed by atoms with Crippen LogP contribution in [0.5, 0.6) is 0 Å². The van der Waals surface area contributed by atoms with Crippen molar-refractivity contribution in [3.05, 3.63) is 24.0 Å². The molecule has 0 radical (unpaired) electrons. The van der Waals surface area contributed by atoms with Crippen LogP contribution in [-0.4, -0.2) is 27.0 Å². The van der Waals surface area contributed by atoms with Crippen LogP contribution in [0, 0.1) is 6.92 Å². The summed E-state index contributed by atoms with van der Waals surface area (Å²) >= 11 is 0. The summed E-state index contributed by atoms with van der Waals surface area (Å²) in [6.45, 7) is 3.07. The van der Waals surface area contributed by atoms with E-state index in [2.05, 4.69) is 9.35 Å². The topological polar surface area (TPSA) is 59.4 Å². The Hall–Kier alpha value is -1.44. The van der Waals surface area contributed by atoms with Crippen molar-refractivity contribution in [1.29, 1.82) is 0 Å². The second kappa shape index (κ2) is 5.05. The molecule has 4 nitrogen and oxygen atoms in total. The summed E-state index contributed by atoms with van der Waals surface area (Å²) in [6.07, 6.45) is -3.94. The van der Waals surface area contributed by atoms with Gasteiger partial charge >= 0.3 is 12.1 Å². The zero-order valence-electron chi connectivity index (χ0n) is 9.69. The standard InChI is InChI=1S/C10H11F3N2O2S/c1-3-18(17,15-9(16)10(11,12)13)8-5-4-7(2)14-6-8/h4-6H,3H2,1-2H3. The monoisotopic (exact) mass is 280 g/mol. The van der Waals surface area contributed by atoms with Gasteiger partial charge in [0.1, 0.15) is 0 Å². The second-order valence-electron chi connectivity index (χ2n) is 3.46. The second-order valence-corrected chi connectivity index (χ2v) is 5.97. The third-order valence-corrected chi connectivity index (χ3v) is 4.34. The van der Waals surface area contributed by atoms with E-state index >= 15 is 0 Å². The third-order valence-electron chi connectivity index (χ3n) is 2.12. The Bertz CT molecular complexity index is 557. The van der Waals surface area contributed by atoms with Gasteiger partial charge in [-0.05, 0) is 19.1 Å². The molecule has 1 rings (SSSR count). The van der Waals surface area contributed by atoms with Crippen LogP contribution < -0.4 is 0 Å². The average Bonchev–Trinajstić information content (AvgIpc) is 2.28. The van der Waals surface area contributed by atoms with Crippen LogP contribution in [0.25, 0.3) is 0 Å². The summed E-state index contributed by atoms with van der Waals surface area (Å²) in [6, 6.07) is 2.86. The number of carbonyl (C=O) groups is 1. The smallest absolute Gasteiger partial charge is 0.261 e. The SMILES string of the molecule is CCS(=O)(=NC(=O)C(F)(F)F)c1ccc(C)nc1. The maximum atomic E-state index is 12.2. The molecule has 0 saturated heterocycles. The highest BCUT2D eigenvalue weighted by molar-refractivity contribution is 7.93. The molecule has 1 unspecified atom stereocenters. The van der Waals surface area contributed by atoms with Gasteiger partial charge in [-0.2, -0.15) is 13.2 Å². The molecule has 0 aliphatic rings. The maximum Gasteiger partial charge on any atom is 0.474 e. The molecule has 1 heterocycles. The number of amides is 1. The molecule has 0 spiro atoms. The molecule has 0 aromatic carbocycles. The average molecular weight is 280 g/mol. The normalized spacial score (nSPS) is 14.9. The first-order chi connectivity index (χ1) is 8.19. The summed E-state index contributed by atoms with van der Waals surface area (Å²) in [4.78, 5) is 14.6. The van der Waals surface area contributed by atoms with Crippen molar-refractivity contribution in [3.63, 3.8) is 0 Å². The molecule has 1 amide bonds. The van der Waals surface area contributed by atoms with Gasteiger partial charge in [-0.25, -0.2) is 4.21 Å². The van der Waals surface area contributed by atoms with Crippen molar-refractivity contribution in [2.24, 2.45) is 4.36 Å². The summed E-state index contributed by atoms with van der Waals surface area (Å²) in [5.74, 6) is -2.53. The van der Waals surface area contributed by atoms with Crippen LogP contribution in [0.4, 0.5) is 13.2 Å². The molecular weight excluding hydrogens is 269 g/mol. The highest BCUT2D eigenvalue weighted by Crippen LogP contribution is 2.20. The van der Waals surface area contributed by atoms with Crippen molar-refractivity contribution < 1.29 is 22.2 Å². The predicted molar refractivity (Wildman–Crippen MR) is 59.4 cm³/mol. The first-order valence-corrected chi connectivity index (χ1v) is 6.66. The Labute approximate surface area is 102 Å². The van der Waals surface area contributed by atoms with Gasteiger partial charge in [0.15, 0.2) is 0 Å². The van der Waals surface area contributed by atoms with Crippen molar-refractivity contribution >= 4 is 15.6 Å². The number of aromatic nitrogens is 1. The Morgan fingerprint density at radius 2 is 2.06 bits per heavy atom. The van der Waals surface area contributed by atoms with E-state index in [0.29, 0.717) is 5.69 Å². The van der Waals surface area contributed by atoms with Crippen LogP contribution in [0.3, 0.4) is 0 Å². The van der Waals surface area contributed by atoms with Crippen molar-refractivity contribution in [1.82, 2.24) is 4.98 Å². The fourth-order valence-corrected chi connectivity index (χ4v) is 2.55. The number of alkyl halides is 3. The number of rotatable bonds is 2. The number of nitrogens with zero attached hydrogens (tertiary/aromatic N) is 2. The van der Waals surface area contributed by atoms with Crippen molar-refractivity contribution in [2.45, 2.75) is 24.9 Å². The van der Waals surface area contributed by atoms with Crippen LogP contribution in [0.15, 0.2) is 27.6 Å². The molecular formula is C10H11F3N2O2S. The molecule has 100 valence electrons. The maximum absolute atomic E-state index is 12.2. The minimum Gasteiger partial charge on any atom is -0.261 e. The summed E-state index contributed by atoms with van der Waals surface area (Å²) in [5.41, 5.74) is 0.624. The van der Waals surface area contributed by atoms with E-state index in [1.807, 2.05) is 0 Å². The fraction of sp³-hybridized carbons (Fsp3) is 0.400. The van der Waals surface area contributed by atoms with E-state index in [1.165, 1.54) is 25.3 Å². The lowest BCUT2D eigenvalue weighted by Crippen LogP contribution is -2.22. The number of hydrogen-bond acceptors (Lipinski definition) is 3. The van der Waals surface area contributed by atoms with Crippen LogP contribution in [0.1, 0.15) is 12.6 Å². The molecule has 0 aliphatic heterocycles. The van der Waals surface area contributed by atoms with E-state index in [9.17, 15) is 22.2 Å². The molecule has 18 heavy (non-hydrogen) atoms. The number of aryl methyl sites for hydroxylation is 1. The third kappa shape index (κ3) is 3.28. The highest BCUT2D eigenvalue weighted by atomic mass is 32.2. The molecule has 0 bridgehead atoms. The first kappa shape index (κ1) is 14.6. The van der Waals surface area contributed by atoms with Gasteiger partial charge in [0, 0.05) is 17.6 Å². The van der Waals surface area contributed by atoms with Crippen LogP contribution in [-0.2, 0) is 14.5 Å². The summed E-state index contributed by atoms with van der Waals surface area (Å²) in [7, 11) is -3.41. The lowest BCUT2D eigenvalue weighted by atomic mass is 10.4. The molecule has 0 N–H and O–H groups in total. The largest absolute Gasteiger partial charge is 0.474 e. The molecule has 0 saturated carbocycles. The van der Waals surface area contributed by atoms with Gasteiger partial charge in [0.25, 0.3) is 0 Å². The highest BCUT2D eigenvalue weighted by Gasteiger charge is 2.39. The van der Waals surface area contributed by atoms with Crippen molar-refractivity contribution in [2.75, 3.05) is 5.75 Å². The molecule has 1 atom stereocenters. The quantitative estimate of drug-likeness (QED) is 0.835. The summed E-state index contributed by atoms with van der Waals surface area (Å²) < 4.78 is 51.4. The predicted octanol–water partition coefficient (Wildman–Crippen LogP) is 2.33. The van der Waals surface area contributed by atoms with Gasteiger partial charge < -0.3 is 0 Å². The van der Waals surface area contributed by atoms with E-state index in [0.717, 1.165) is 0 Å². The molecule has 8 heteroatoms. The lowest BCUT2D eigenvalue weighted by Gasteiger charge is -2.08. The van der Waals surface area contributed by atoms with E-state index < -0.39 is 21.8 Å².